The van der Waals surface area contributed by atoms with Crippen LogP contribution in [0.25, 0.3) is 0 Å². The number of unbranched alkanes of at least 4 members (excludes halogenated alkanes) is 1. The summed E-state index contributed by atoms with van der Waals surface area (Å²) in [7, 11) is 0. The maximum Gasteiger partial charge on any atom is 0.190 e. The van der Waals surface area contributed by atoms with E-state index >= 15 is 0 Å². The Kier molecular flexibility index (Phi) is 7.57. The molecular weight excluding hydrogens is 460 g/mol. The van der Waals surface area contributed by atoms with Gasteiger partial charge in [0.2, 0.25) is 0 Å². The van der Waals surface area contributed by atoms with E-state index in [1.807, 2.05) is 12.1 Å². The summed E-state index contributed by atoms with van der Waals surface area (Å²) in [5, 5.41) is 0. The van der Waals surface area contributed by atoms with Crippen LogP contribution >= 0.6 is 0 Å². The van der Waals surface area contributed by atoms with Crippen LogP contribution in [0.15, 0.2) is 24.3 Å². The highest BCUT2D eigenvalue weighted by molar-refractivity contribution is 5.27. The first-order valence-corrected chi connectivity index (χ1v) is 14.3. The maximum atomic E-state index is 6.63. The van der Waals surface area contributed by atoms with Crippen molar-refractivity contribution >= 4 is 0 Å². The fourth-order valence-electron chi connectivity index (χ4n) is 6.47. The van der Waals surface area contributed by atoms with E-state index in [0.717, 1.165) is 82.1 Å². The Labute approximate surface area is 215 Å². The topological polar surface area (TPSA) is 64.6 Å². The zero-order valence-corrected chi connectivity index (χ0v) is 21.7. The van der Waals surface area contributed by atoms with Gasteiger partial charge in [-0.2, -0.15) is 0 Å². The van der Waals surface area contributed by atoms with Crippen molar-refractivity contribution < 1.29 is 33.2 Å². The van der Waals surface area contributed by atoms with E-state index in [2.05, 4.69) is 19.1 Å². The van der Waals surface area contributed by atoms with Gasteiger partial charge in [-0.15, -0.1) is 0 Å². The van der Waals surface area contributed by atoms with Crippen LogP contribution in [0, 0.1) is 0 Å². The molecule has 200 valence electrons. The van der Waals surface area contributed by atoms with Gasteiger partial charge in [-0.3, -0.25) is 0 Å². The van der Waals surface area contributed by atoms with Gasteiger partial charge in [0.25, 0.3) is 0 Å². The average Bonchev–Trinajstić information content (AvgIpc) is 3.56. The molecule has 0 aromatic heterocycles. The molecule has 0 unspecified atom stereocenters. The van der Waals surface area contributed by atoms with Crippen LogP contribution < -0.4 is 4.74 Å². The second-order valence-electron chi connectivity index (χ2n) is 11.2. The molecule has 2 spiro atoms. The molecule has 1 aromatic carbocycles. The van der Waals surface area contributed by atoms with Gasteiger partial charge in [-0.1, -0.05) is 38.3 Å². The monoisotopic (exact) mass is 502 g/mol. The number of hydrogen-bond acceptors (Lipinski definition) is 7. The molecule has 2 aliphatic carbocycles. The Morgan fingerprint density at radius 1 is 0.833 bits per heavy atom. The predicted molar refractivity (Wildman–Crippen MR) is 132 cm³/mol. The van der Waals surface area contributed by atoms with E-state index in [-0.39, 0.29) is 24.4 Å². The van der Waals surface area contributed by atoms with Crippen LogP contribution in [0.2, 0.25) is 0 Å². The second-order valence-corrected chi connectivity index (χ2v) is 11.2. The van der Waals surface area contributed by atoms with Gasteiger partial charge in [-0.25, -0.2) is 0 Å². The van der Waals surface area contributed by atoms with Crippen molar-refractivity contribution in [3.8, 4) is 5.75 Å². The van der Waals surface area contributed by atoms with Crippen LogP contribution in [-0.4, -0.2) is 55.5 Å². The van der Waals surface area contributed by atoms with Crippen molar-refractivity contribution in [2.75, 3.05) is 13.2 Å². The highest BCUT2D eigenvalue weighted by atomic mass is 16.9. The molecule has 3 saturated heterocycles. The number of fused-ring (bicyclic) bond motifs is 1. The molecule has 5 fully saturated rings. The van der Waals surface area contributed by atoms with E-state index in [1.165, 1.54) is 12.8 Å². The summed E-state index contributed by atoms with van der Waals surface area (Å²) in [4.78, 5) is 0. The second kappa shape index (κ2) is 10.9. The Hall–Kier alpha value is -1.22. The fraction of sp³-hybridized carbons (Fsp3) is 0.793. The minimum absolute atomic E-state index is 0.178. The smallest absolute Gasteiger partial charge is 0.190 e. The molecule has 36 heavy (non-hydrogen) atoms. The van der Waals surface area contributed by atoms with Gasteiger partial charge in [0.05, 0.1) is 19.8 Å². The normalized spacial score (nSPS) is 34.9. The molecule has 1 aromatic rings. The first-order chi connectivity index (χ1) is 17.7. The first-order valence-electron chi connectivity index (χ1n) is 14.3. The lowest BCUT2D eigenvalue weighted by molar-refractivity contribution is -0.263. The molecule has 0 radical (unpaired) electrons. The Morgan fingerprint density at radius 3 is 2.28 bits per heavy atom. The molecule has 6 rings (SSSR count). The van der Waals surface area contributed by atoms with Crippen molar-refractivity contribution in [3.05, 3.63) is 29.8 Å². The number of ether oxygens (including phenoxy) is 7. The van der Waals surface area contributed by atoms with Crippen LogP contribution in [-0.2, 0) is 35.0 Å². The molecule has 0 N–H and O–H groups in total. The van der Waals surface area contributed by atoms with Crippen LogP contribution in [0.3, 0.4) is 0 Å². The van der Waals surface area contributed by atoms with Gasteiger partial charge in [0.1, 0.15) is 30.2 Å². The standard InChI is InChI=1S/C29H42O7/c1-2-3-18-30-22-12-10-21(11-13-22)19-31-25-24(23-20-32-28(34-23)14-6-4-7-15-28)33-27-26(25)35-29(36-27)16-8-5-9-17-29/h10-13,23-27H,2-9,14-20H2,1H3/t23-,24-,25-,26-,27+/m1/s1. The molecule has 3 heterocycles. The number of hydrogen-bond donors (Lipinski definition) is 0. The summed E-state index contributed by atoms with van der Waals surface area (Å²) < 4.78 is 44.8. The molecule has 5 aliphatic rings. The van der Waals surface area contributed by atoms with Gasteiger partial charge in [0.15, 0.2) is 17.9 Å². The van der Waals surface area contributed by atoms with Crippen molar-refractivity contribution in [3.63, 3.8) is 0 Å². The third-order valence-corrected chi connectivity index (χ3v) is 8.50. The molecule has 0 amide bonds. The van der Waals surface area contributed by atoms with E-state index in [1.54, 1.807) is 0 Å². The maximum absolute atomic E-state index is 6.63. The molecule has 2 saturated carbocycles. The Bertz CT molecular complexity index is 846. The summed E-state index contributed by atoms with van der Waals surface area (Å²) in [5.41, 5.74) is 1.10. The van der Waals surface area contributed by atoms with Crippen molar-refractivity contribution in [2.24, 2.45) is 0 Å². The Balaban J connectivity index is 1.13. The average molecular weight is 503 g/mol. The van der Waals surface area contributed by atoms with E-state index in [9.17, 15) is 0 Å². The first kappa shape index (κ1) is 25.1. The van der Waals surface area contributed by atoms with Crippen LogP contribution in [0.1, 0.15) is 89.5 Å². The minimum Gasteiger partial charge on any atom is -0.494 e. The highest BCUT2D eigenvalue weighted by Gasteiger charge is 2.61. The van der Waals surface area contributed by atoms with Crippen LogP contribution in [0.4, 0.5) is 0 Å². The quantitative estimate of drug-likeness (QED) is 0.427. The summed E-state index contributed by atoms with van der Waals surface area (Å²) in [6.07, 6.45) is 11.6. The highest BCUT2D eigenvalue weighted by Crippen LogP contribution is 2.48. The van der Waals surface area contributed by atoms with Crippen molar-refractivity contribution in [2.45, 2.75) is 133 Å². The zero-order valence-electron chi connectivity index (χ0n) is 21.7. The third-order valence-electron chi connectivity index (χ3n) is 8.50. The van der Waals surface area contributed by atoms with E-state index < -0.39 is 17.9 Å². The molecule has 0 bridgehead atoms. The van der Waals surface area contributed by atoms with E-state index in [0.29, 0.717) is 13.2 Å². The Morgan fingerprint density at radius 2 is 1.56 bits per heavy atom. The minimum atomic E-state index is -0.519. The van der Waals surface area contributed by atoms with Gasteiger partial charge < -0.3 is 33.2 Å². The fourth-order valence-corrected chi connectivity index (χ4v) is 6.47. The van der Waals surface area contributed by atoms with Crippen molar-refractivity contribution in [1.29, 1.82) is 0 Å². The van der Waals surface area contributed by atoms with E-state index in [4.69, 9.17) is 33.2 Å². The summed E-state index contributed by atoms with van der Waals surface area (Å²) >= 11 is 0. The third kappa shape index (κ3) is 5.20. The summed E-state index contributed by atoms with van der Waals surface area (Å²) in [5.74, 6) is -0.0700. The lowest BCUT2D eigenvalue weighted by atomic mass is 9.94. The van der Waals surface area contributed by atoms with Gasteiger partial charge in [-0.05, 0) is 49.8 Å². The zero-order chi connectivity index (χ0) is 24.4. The van der Waals surface area contributed by atoms with Gasteiger partial charge >= 0.3 is 0 Å². The number of rotatable bonds is 8. The largest absolute Gasteiger partial charge is 0.494 e. The summed E-state index contributed by atoms with van der Waals surface area (Å²) in [6.45, 7) is 3.92. The summed E-state index contributed by atoms with van der Waals surface area (Å²) in [6, 6.07) is 8.19. The molecule has 7 heteroatoms. The molecule has 7 nitrogen and oxygen atoms in total. The van der Waals surface area contributed by atoms with Crippen LogP contribution in [0.5, 0.6) is 5.75 Å². The van der Waals surface area contributed by atoms with Crippen molar-refractivity contribution in [1.82, 2.24) is 0 Å². The SMILES string of the molecule is CCCCOc1ccc(CO[C@H]2[C@H]3OC4(CCCCC4)O[C@@H]3O[C@@H]2[C@H]2COC3(CCCCC3)O2)cc1. The lowest BCUT2D eigenvalue weighted by Gasteiger charge is -2.35. The van der Waals surface area contributed by atoms with Gasteiger partial charge in [0, 0.05) is 25.7 Å². The molecular formula is C29H42O7. The molecule has 5 atom stereocenters. The molecule has 3 aliphatic heterocycles. The lowest BCUT2D eigenvalue weighted by Crippen LogP contribution is -2.45. The number of benzene rings is 1. The predicted octanol–water partition coefficient (Wildman–Crippen LogP) is 5.63.